The van der Waals surface area contributed by atoms with Crippen LogP contribution in [0.15, 0.2) is 58.3 Å². The van der Waals surface area contributed by atoms with Crippen LogP contribution in [0.25, 0.3) is 0 Å². The molecule has 9 heteroatoms. The average Bonchev–Trinajstić information content (AvgIpc) is 2.64. The second-order valence-corrected chi connectivity index (χ2v) is 9.54. The van der Waals surface area contributed by atoms with Gasteiger partial charge in [0.15, 0.2) is 0 Å². The first-order valence-electron chi connectivity index (χ1n) is 8.55. The number of nitrogens with zero attached hydrogens (tertiary/aromatic N) is 1. The summed E-state index contributed by atoms with van der Waals surface area (Å²) in [7, 11) is -7.40. The van der Waals surface area contributed by atoms with Crippen LogP contribution in [0.3, 0.4) is 0 Å². The van der Waals surface area contributed by atoms with Crippen LogP contribution in [-0.4, -0.2) is 40.8 Å². The Labute approximate surface area is 160 Å². The average molecular weight is 415 g/mol. The number of hydrogen-bond acceptors (Lipinski definition) is 4. The maximum atomic E-state index is 12.9. The van der Waals surface area contributed by atoms with Crippen molar-refractivity contribution in [3.63, 3.8) is 0 Å². The van der Waals surface area contributed by atoms with Crippen molar-refractivity contribution in [3.8, 4) is 0 Å². The third kappa shape index (κ3) is 5.35. The summed E-state index contributed by atoms with van der Waals surface area (Å²) in [6.45, 7) is 4.30. The van der Waals surface area contributed by atoms with Crippen molar-refractivity contribution in [2.45, 2.75) is 30.1 Å². The molecular weight excluding hydrogens is 391 g/mol. The van der Waals surface area contributed by atoms with Crippen LogP contribution in [0, 0.1) is 5.82 Å². The van der Waals surface area contributed by atoms with Crippen molar-refractivity contribution in [1.82, 2.24) is 9.03 Å². The zero-order valence-corrected chi connectivity index (χ0v) is 16.9. The van der Waals surface area contributed by atoms with E-state index in [4.69, 9.17) is 0 Å². The maximum absolute atomic E-state index is 12.9. The minimum atomic E-state index is -3.76. The van der Waals surface area contributed by atoms with Gasteiger partial charge in [0, 0.05) is 19.6 Å². The normalized spacial score (nSPS) is 12.4. The molecule has 2 aromatic carbocycles. The third-order valence-corrected chi connectivity index (χ3v) is 7.64. The Morgan fingerprint density at radius 1 is 0.852 bits per heavy atom. The number of sulfonamides is 2. The predicted octanol–water partition coefficient (Wildman–Crippen LogP) is 2.38. The molecule has 0 aliphatic rings. The molecule has 148 valence electrons. The number of nitrogens with one attached hydrogen (secondary N) is 1. The van der Waals surface area contributed by atoms with E-state index in [0.717, 1.165) is 5.56 Å². The van der Waals surface area contributed by atoms with Crippen LogP contribution < -0.4 is 4.72 Å². The molecule has 6 nitrogen and oxygen atoms in total. The highest BCUT2D eigenvalue weighted by atomic mass is 32.2. The van der Waals surface area contributed by atoms with Crippen LogP contribution >= 0.6 is 0 Å². The van der Waals surface area contributed by atoms with E-state index in [1.807, 2.05) is 0 Å². The van der Waals surface area contributed by atoms with Gasteiger partial charge in [-0.2, -0.15) is 4.31 Å². The number of halogens is 1. The molecule has 2 rings (SSSR count). The van der Waals surface area contributed by atoms with Gasteiger partial charge >= 0.3 is 0 Å². The monoisotopic (exact) mass is 414 g/mol. The summed E-state index contributed by atoms with van der Waals surface area (Å²) >= 11 is 0. The summed E-state index contributed by atoms with van der Waals surface area (Å²) in [5.74, 6) is -0.348. The van der Waals surface area contributed by atoms with Gasteiger partial charge in [-0.25, -0.2) is 25.9 Å². The lowest BCUT2D eigenvalue weighted by Gasteiger charge is -2.18. The molecular formula is C18H23FN2O4S2. The van der Waals surface area contributed by atoms with Crippen molar-refractivity contribution in [2.24, 2.45) is 0 Å². The van der Waals surface area contributed by atoms with Crippen LogP contribution in [0.5, 0.6) is 0 Å². The number of benzene rings is 2. The summed E-state index contributed by atoms with van der Waals surface area (Å²) in [6, 6.07) is 11.0. The summed E-state index contributed by atoms with van der Waals surface area (Å²) in [4.78, 5) is 0.0385. The molecule has 27 heavy (non-hydrogen) atoms. The summed E-state index contributed by atoms with van der Waals surface area (Å²) in [6.07, 6.45) is 0.411. The van der Waals surface area contributed by atoms with Crippen molar-refractivity contribution in [1.29, 1.82) is 0 Å². The van der Waals surface area contributed by atoms with Crippen molar-refractivity contribution in [3.05, 3.63) is 59.9 Å². The fourth-order valence-corrected chi connectivity index (χ4v) is 5.06. The van der Waals surface area contributed by atoms with Crippen LogP contribution in [0.2, 0.25) is 0 Å². The maximum Gasteiger partial charge on any atom is 0.243 e. The van der Waals surface area contributed by atoms with Gasteiger partial charge in [-0.15, -0.1) is 0 Å². The van der Waals surface area contributed by atoms with Crippen molar-refractivity contribution < 1.29 is 21.2 Å². The molecule has 0 spiro atoms. The van der Waals surface area contributed by atoms with E-state index in [9.17, 15) is 21.2 Å². The van der Waals surface area contributed by atoms with Gasteiger partial charge in [-0.3, -0.25) is 0 Å². The molecule has 0 atom stereocenters. The molecule has 0 saturated carbocycles. The summed E-state index contributed by atoms with van der Waals surface area (Å²) in [5.41, 5.74) is 0.805. The van der Waals surface area contributed by atoms with Gasteiger partial charge in [0.05, 0.1) is 9.79 Å². The fourth-order valence-electron chi connectivity index (χ4n) is 2.57. The highest BCUT2D eigenvalue weighted by molar-refractivity contribution is 7.89. The first kappa shape index (κ1) is 21.5. The zero-order valence-electron chi connectivity index (χ0n) is 15.2. The number of rotatable bonds is 9. The highest BCUT2D eigenvalue weighted by Crippen LogP contribution is 2.18. The quantitative estimate of drug-likeness (QED) is 0.683. The largest absolute Gasteiger partial charge is 0.243 e. The SMILES string of the molecule is CCN(CC)S(=O)(=O)c1ccc(S(=O)(=O)NCCc2ccc(F)cc2)cc1. The Kier molecular flexibility index (Phi) is 7.10. The van der Waals surface area contributed by atoms with E-state index in [-0.39, 0.29) is 22.2 Å². The molecule has 0 bridgehead atoms. The topological polar surface area (TPSA) is 83.6 Å². The lowest BCUT2D eigenvalue weighted by molar-refractivity contribution is 0.445. The highest BCUT2D eigenvalue weighted by Gasteiger charge is 2.22. The van der Waals surface area contributed by atoms with Gasteiger partial charge in [-0.1, -0.05) is 26.0 Å². The van der Waals surface area contributed by atoms with E-state index >= 15 is 0 Å². The number of hydrogen-bond donors (Lipinski definition) is 1. The first-order chi connectivity index (χ1) is 12.7. The van der Waals surface area contributed by atoms with Gasteiger partial charge in [0.25, 0.3) is 0 Å². The molecule has 2 aromatic rings. The van der Waals surface area contributed by atoms with Gasteiger partial charge in [0.1, 0.15) is 5.82 Å². The van der Waals surface area contributed by atoms with Gasteiger partial charge in [0.2, 0.25) is 20.0 Å². The zero-order chi connectivity index (χ0) is 20.1. The standard InChI is InChI=1S/C18H23FN2O4S2/c1-3-21(4-2)27(24,25)18-11-9-17(10-12-18)26(22,23)20-14-13-15-5-7-16(19)8-6-15/h5-12,20H,3-4,13-14H2,1-2H3. The van der Waals surface area contributed by atoms with E-state index < -0.39 is 20.0 Å². The first-order valence-corrected chi connectivity index (χ1v) is 11.5. The van der Waals surface area contributed by atoms with E-state index in [1.54, 1.807) is 26.0 Å². The van der Waals surface area contributed by atoms with E-state index in [1.165, 1.54) is 40.7 Å². The van der Waals surface area contributed by atoms with E-state index in [0.29, 0.717) is 19.5 Å². The molecule has 0 saturated heterocycles. The molecule has 0 heterocycles. The Balaban J connectivity index is 2.07. The molecule has 0 fully saturated rings. The minimum absolute atomic E-state index is 0.0138. The molecule has 0 amide bonds. The second-order valence-electron chi connectivity index (χ2n) is 5.83. The lowest BCUT2D eigenvalue weighted by atomic mass is 10.1. The van der Waals surface area contributed by atoms with Gasteiger partial charge in [-0.05, 0) is 48.4 Å². The molecule has 0 unspecified atom stereocenters. The Bertz CT molecular complexity index is 953. The van der Waals surface area contributed by atoms with Crippen LogP contribution in [0.4, 0.5) is 4.39 Å². The van der Waals surface area contributed by atoms with Crippen molar-refractivity contribution in [2.75, 3.05) is 19.6 Å². The van der Waals surface area contributed by atoms with Crippen molar-refractivity contribution >= 4 is 20.0 Å². The third-order valence-electron chi connectivity index (χ3n) is 4.10. The van der Waals surface area contributed by atoms with Crippen LogP contribution in [0.1, 0.15) is 19.4 Å². The minimum Gasteiger partial charge on any atom is -0.211 e. The fraction of sp³-hybridized carbons (Fsp3) is 0.333. The summed E-state index contributed by atoms with van der Waals surface area (Å²) < 4.78 is 66.2. The molecule has 0 aromatic heterocycles. The molecule has 0 radical (unpaired) electrons. The van der Waals surface area contributed by atoms with E-state index in [2.05, 4.69) is 4.72 Å². The van der Waals surface area contributed by atoms with Crippen LogP contribution in [-0.2, 0) is 26.5 Å². The Morgan fingerprint density at radius 2 is 1.37 bits per heavy atom. The smallest absolute Gasteiger partial charge is 0.211 e. The molecule has 0 aliphatic heterocycles. The summed E-state index contributed by atoms with van der Waals surface area (Å²) in [5, 5.41) is 0. The predicted molar refractivity (Wildman–Crippen MR) is 102 cm³/mol. The Morgan fingerprint density at radius 3 is 1.89 bits per heavy atom. The second kappa shape index (κ2) is 8.92. The lowest BCUT2D eigenvalue weighted by Crippen LogP contribution is -2.30. The molecule has 0 aliphatic carbocycles. The Hall–Kier alpha value is -1.81. The van der Waals surface area contributed by atoms with Gasteiger partial charge < -0.3 is 0 Å². The molecule has 1 N–H and O–H groups in total.